The molecule has 18 heavy (non-hydrogen) atoms. The van der Waals surface area contributed by atoms with E-state index in [2.05, 4.69) is 0 Å². The molecular weight excluding hydrogens is 234 g/mol. The molecule has 5 nitrogen and oxygen atoms in total. The van der Waals surface area contributed by atoms with E-state index in [0.717, 1.165) is 25.7 Å². The van der Waals surface area contributed by atoms with E-state index in [1.807, 2.05) is 0 Å². The normalized spacial score (nSPS) is 29.9. The average molecular weight is 255 g/mol. The fraction of sp³-hybridized carbons (Fsp3) is 0.846. The summed E-state index contributed by atoms with van der Waals surface area (Å²) in [4.78, 5) is 23.0. The molecule has 0 radical (unpaired) electrons. The van der Waals surface area contributed by atoms with Gasteiger partial charge in [0, 0.05) is 6.61 Å². The molecule has 1 amide bonds. The maximum absolute atomic E-state index is 11.6. The first-order chi connectivity index (χ1) is 8.41. The molecule has 1 saturated heterocycles. The smallest absolute Gasteiger partial charge is 0.319 e. The zero-order valence-corrected chi connectivity index (χ0v) is 10.8. The SMILES string of the molecule is CC(C(N)=O)(C(=O)O)C1CCOC2(CCCC2)C1. The van der Waals surface area contributed by atoms with E-state index in [1.165, 1.54) is 6.92 Å². The van der Waals surface area contributed by atoms with Gasteiger partial charge in [0.15, 0.2) is 0 Å². The van der Waals surface area contributed by atoms with Gasteiger partial charge in [-0.05, 0) is 38.5 Å². The van der Waals surface area contributed by atoms with Crippen LogP contribution in [0.3, 0.4) is 0 Å². The quantitative estimate of drug-likeness (QED) is 0.744. The van der Waals surface area contributed by atoms with Gasteiger partial charge < -0.3 is 15.6 Å². The van der Waals surface area contributed by atoms with Crippen LogP contribution in [0, 0.1) is 11.3 Å². The van der Waals surface area contributed by atoms with Crippen LogP contribution in [0.15, 0.2) is 0 Å². The average Bonchev–Trinajstić information content (AvgIpc) is 2.75. The fourth-order valence-corrected chi connectivity index (χ4v) is 3.37. The van der Waals surface area contributed by atoms with Crippen molar-refractivity contribution in [2.75, 3.05) is 6.61 Å². The lowest BCUT2D eigenvalue weighted by Gasteiger charge is -2.43. The summed E-state index contributed by atoms with van der Waals surface area (Å²) in [5, 5.41) is 9.34. The van der Waals surface area contributed by atoms with Gasteiger partial charge in [-0.15, -0.1) is 0 Å². The number of carbonyl (C=O) groups excluding carboxylic acids is 1. The molecule has 3 N–H and O–H groups in total. The van der Waals surface area contributed by atoms with Crippen molar-refractivity contribution in [2.45, 2.75) is 51.0 Å². The number of primary amides is 1. The second-order valence-electron chi connectivity index (χ2n) is 5.80. The Bertz CT molecular complexity index is 346. The molecule has 2 rings (SSSR count). The number of rotatable bonds is 3. The molecule has 1 saturated carbocycles. The molecule has 2 atom stereocenters. The summed E-state index contributed by atoms with van der Waals surface area (Å²) in [5.74, 6) is -2.08. The minimum atomic E-state index is -1.47. The summed E-state index contributed by atoms with van der Waals surface area (Å²) in [6.07, 6.45) is 5.41. The number of amides is 1. The Labute approximate surface area is 107 Å². The van der Waals surface area contributed by atoms with E-state index in [1.54, 1.807) is 0 Å². The third-order valence-electron chi connectivity index (χ3n) is 4.78. The molecule has 1 heterocycles. The van der Waals surface area contributed by atoms with Crippen molar-refractivity contribution in [3.8, 4) is 0 Å². The van der Waals surface area contributed by atoms with Crippen LogP contribution < -0.4 is 5.73 Å². The van der Waals surface area contributed by atoms with Gasteiger partial charge in [-0.2, -0.15) is 0 Å². The van der Waals surface area contributed by atoms with Crippen LogP contribution in [0.5, 0.6) is 0 Å². The minimum absolute atomic E-state index is 0.199. The van der Waals surface area contributed by atoms with Crippen LogP contribution in [0.2, 0.25) is 0 Å². The first-order valence-corrected chi connectivity index (χ1v) is 6.58. The van der Waals surface area contributed by atoms with Crippen molar-refractivity contribution < 1.29 is 19.4 Å². The van der Waals surface area contributed by atoms with Crippen LogP contribution in [0.4, 0.5) is 0 Å². The Morgan fingerprint density at radius 3 is 2.50 bits per heavy atom. The van der Waals surface area contributed by atoms with Crippen molar-refractivity contribution >= 4 is 11.9 Å². The van der Waals surface area contributed by atoms with Crippen molar-refractivity contribution in [1.82, 2.24) is 0 Å². The molecule has 0 bridgehead atoms. The largest absolute Gasteiger partial charge is 0.480 e. The first kappa shape index (κ1) is 13.3. The van der Waals surface area contributed by atoms with Crippen molar-refractivity contribution in [3.05, 3.63) is 0 Å². The second-order valence-corrected chi connectivity index (χ2v) is 5.80. The monoisotopic (exact) mass is 255 g/mol. The van der Waals surface area contributed by atoms with Crippen molar-refractivity contribution in [2.24, 2.45) is 17.1 Å². The first-order valence-electron chi connectivity index (χ1n) is 6.58. The lowest BCUT2D eigenvalue weighted by molar-refractivity contribution is -0.166. The highest BCUT2D eigenvalue weighted by Crippen LogP contribution is 2.47. The number of nitrogens with two attached hydrogens (primary N) is 1. The molecule has 1 aliphatic heterocycles. The second kappa shape index (κ2) is 4.53. The Morgan fingerprint density at radius 1 is 1.39 bits per heavy atom. The summed E-state index contributed by atoms with van der Waals surface area (Å²) in [6.45, 7) is 1.98. The van der Waals surface area contributed by atoms with Crippen molar-refractivity contribution in [1.29, 1.82) is 0 Å². The zero-order chi connectivity index (χ0) is 13.4. The van der Waals surface area contributed by atoms with Crippen LogP contribution in [-0.4, -0.2) is 29.2 Å². The van der Waals surface area contributed by atoms with E-state index >= 15 is 0 Å². The number of carbonyl (C=O) groups is 2. The van der Waals surface area contributed by atoms with E-state index in [4.69, 9.17) is 10.5 Å². The van der Waals surface area contributed by atoms with Gasteiger partial charge in [-0.25, -0.2) is 0 Å². The fourth-order valence-electron chi connectivity index (χ4n) is 3.37. The lowest BCUT2D eigenvalue weighted by atomic mass is 9.68. The third-order valence-corrected chi connectivity index (χ3v) is 4.78. The molecule has 102 valence electrons. The predicted molar refractivity (Wildman–Crippen MR) is 64.8 cm³/mol. The Kier molecular flexibility index (Phi) is 3.36. The molecule has 1 spiro atoms. The van der Waals surface area contributed by atoms with Gasteiger partial charge in [0.25, 0.3) is 0 Å². The number of carboxylic acid groups (broad SMARTS) is 1. The molecule has 2 aliphatic rings. The van der Waals surface area contributed by atoms with E-state index < -0.39 is 17.3 Å². The molecule has 2 unspecified atom stereocenters. The number of aliphatic carboxylic acids is 1. The maximum Gasteiger partial charge on any atom is 0.319 e. The van der Waals surface area contributed by atoms with Gasteiger partial charge in [0.1, 0.15) is 5.41 Å². The van der Waals surface area contributed by atoms with Gasteiger partial charge >= 0.3 is 5.97 Å². The zero-order valence-electron chi connectivity index (χ0n) is 10.8. The summed E-state index contributed by atoms with van der Waals surface area (Å²) < 4.78 is 5.87. The van der Waals surface area contributed by atoms with Gasteiger partial charge in [0.2, 0.25) is 5.91 Å². The molecule has 0 aromatic rings. The minimum Gasteiger partial charge on any atom is -0.480 e. The number of ether oxygens (including phenoxy) is 1. The van der Waals surface area contributed by atoms with Gasteiger partial charge in [0.05, 0.1) is 5.60 Å². The summed E-state index contributed by atoms with van der Waals surface area (Å²) in [6, 6.07) is 0. The highest BCUT2D eigenvalue weighted by molar-refractivity contribution is 6.01. The predicted octanol–water partition coefficient (Wildman–Crippen LogP) is 1.30. The highest BCUT2D eigenvalue weighted by Gasteiger charge is 2.52. The topological polar surface area (TPSA) is 89.6 Å². The van der Waals surface area contributed by atoms with Gasteiger partial charge in [-0.3, -0.25) is 9.59 Å². The van der Waals surface area contributed by atoms with Gasteiger partial charge in [-0.1, -0.05) is 12.8 Å². The Morgan fingerprint density at radius 2 is 2.00 bits per heavy atom. The molecule has 1 aliphatic carbocycles. The molecule has 2 fully saturated rings. The van der Waals surface area contributed by atoms with E-state index in [0.29, 0.717) is 19.4 Å². The maximum atomic E-state index is 11.6. The van der Waals surface area contributed by atoms with Crippen LogP contribution in [-0.2, 0) is 14.3 Å². The third kappa shape index (κ3) is 2.00. The number of hydrogen-bond acceptors (Lipinski definition) is 3. The number of carboxylic acids is 1. The molecule has 5 heteroatoms. The lowest BCUT2D eigenvalue weighted by Crippen LogP contribution is -2.52. The van der Waals surface area contributed by atoms with E-state index in [-0.39, 0.29) is 11.5 Å². The molecule has 0 aromatic heterocycles. The van der Waals surface area contributed by atoms with Crippen LogP contribution in [0.1, 0.15) is 45.4 Å². The highest BCUT2D eigenvalue weighted by atomic mass is 16.5. The van der Waals surface area contributed by atoms with Crippen molar-refractivity contribution in [3.63, 3.8) is 0 Å². The summed E-state index contributed by atoms with van der Waals surface area (Å²) in [7, 11) is 0. The summed E-state index contributed by atoms with van der Waals surface area (Å²) in [5.41, 5.74) is 3.66. The summed E-state index contributed by atoms with van der Waals surface area (Å²) >= 11 is 0. The Hall–Kier alpha value is -1.10. The van der Waals surface area contributed by atoms with Crippen LogP contribution >= 0.6 is 0 Å². The van der Waals surface area contributed by atoms with E-state index in [9.17, 15) is 14.7 Å². The van der Waals surface area contributed by atoms with Crippen LogP contribution in [0.25, 0.3) is 0 Å². The standard InChI is InChI=1S/C13H21NO4/c1-12(10(14)15,11(16)17)9-4-7-18-13(8-9)5-2-3-6-13/h9H,2-8H2,1H3,(H2,14,15)(H,16,17). The molecular formula is C13H21NO4. The number of hydrogen-bond donors (Lipinski definition) is 2. The molecule has 0 aromatic carbocycles. The Balaban J connectivity index is 2.21.